The third kappa shape index (κ3) is 13.7. The van der Waals surface area contributed by atoms with Crippen LogP contribution in [0.1, 0.15) is 72.8 Å². The van der Waals surface area contributed by atoms with Crippen molar-refractivity contribution in [3.05, 3.63) is 48.0 Å². The molecule has 3 rings (SSSR count). The highest BCUT2D eigenvalue weighted by Crippen LogP contribution is 2.25. The van der Waals surface area contributed by atoms with Gasteiger partial charge in [-0.1, -0.05) is 48.9 Å². The summed E-state index contributed by atoms with van der Waals surface area (Å²) in [6.45, 7) is 10.3. The third-order valence-electron chi connectivity index (χ3n) is 8.34. The fraction of sp³-hybridized carbons (Fsp3) is 0.595. The van der Waals surface area contributed by atoms with Crippen molar-refractivity contribution >= 4 is 50.6 Å². The number of fused-ring (bicyclic) bond motifs is 1. The van der Waals surface area contributed by atoms with Crippen molar-refractivity contribution in [1.29, 1.82) is 0 Å². The smallest absolute Gasteiger partial charge is 0.407 e. The van der Waals surface area contributed by atoms with Crippen molar-refractivity contribution in [2.75, 3.05) is 39.0 Å². The van der Waals surface area contributed by atoms with Crippen LogP contribution in [-0.2, 0) is 45.1 Å². The van der Waals surface area contributed by atoms with Crippen LogP contribution in [0.25, 0.3) is 10.8 Å². The lowest BCUT2D eigenvalue weighted by Gasteiger charge is -2.25. The summed E-state index contributed by atoms with van der Waals surface area (Å²) in [5.41, 5.74) is -0.690. The van der Waals surface area contributed by atoms with E-state index in [1.54, 1.807) is 41.5 Å². The zero-order valence-corrected chi connectivity index (χ0v) is 32.2. The van der Waals surface area contributed by atoms with Gasteiger partial charge in [0.25, 0.3) is 0 Å². The fourth-order valence-corrected chi connectivity index (χ4v) is 7.09. The molecule has 15 heteroatoms. The van der Waals surface area contributed by atoms with Crippen molar-refractivity contribution in [3.8, 4) is 0 Å². The Morgan fingerprint density at radius 1 is 0.827 bits per heavy atom. The first kappa shape index (κ1) is 42.2. The van der Waals surface area contributed by atoms with E-state index >= 15 is 0 Å². The van der Waals surface area contributed by atoms with Gasteiger partial charge in [-0.05, 0) is 77.1 Å². The van der Waals surface area contributed by atoms with Gasteiger partial charge >= 0.3 is 12.1 Å². The zero-order chi connectivity index (χ0) is 38.7. The molecule has 2 aromatic carbocycles. The van der Waals surface area contributed by atoms with Crippen molar-refractivity contribution < 1.29 is 41.9 Å². The van der Waals surface area contributed by atoms with Crippen LogP contribution in [-0.4, -0.2) is 99.3 Å². The molecule has 1 fully saturated rings. The van der Waals surface area contributed by atoms with E-state index in [-0.39, 0.29) is 37.6 Å². The molecule has 288 valence electrons. The summed E-state index contributed by atoms with van der Waals surface area (Å²) in [6, 6.07) is 11.9. The highest BCUT2D eigenvalue weighted by Gasteiger charge is 2.43. The number of aryl methyl sites for hydroxylation is 1. The Labute approximate surface area is 307 Å². The predicted molar refractivity (Wildman–Crippen MR) is 198 cm³/mol. The number of rotatable bonds is 16. The third-order valence-corrected chi connectivity index (χ3v) is 9.73. The van der Waals surface area contributed by atoms with E-state index in [1.165, 1.54) is 11.9 Å². The highest BCUT2D eigenvalue weighted by molar-refractivity contribution is 7.89. The highest BCUT2D eigenvalue weighted by atomic mass is 32.2. The van der Waals surface area contributed by atoms with E-state index in [1.807, 2.05) is 42.5 Å². The van der Waals surface area contributed by atoms with Crippen LogP contribution in [0.4, 0.5) is 4.79 Å². The first-order chi connectivity index (χ1) is 24.3. The van der Waals surface area contributed by atoms with Crippen LogP contribution < -0.4 is 20.7 Å². The molecule has 1 aliphatic rings. The molecular weight excluding hydrogens is 690 g/mol. The summed E-state index contributed by atoms with van der Waals surface area (Å²) in [5, 5.41) is 9.78. The molecule has 0 radical (unpaired) electrons. The Morgan fingerprint density at radius 3 is 2.12 bits per heavy atom. The molecule has 3 atom stereocenters. The van der Waals surface area contributed by atoms with Crippen LogP contribution >= 0.6 is 0 Å². The maximum absolute atomic E-state index is 13.5. The van der Waals surface area contributed by atoms with E-state index < -0.39 is 69.5 Å². The lowest BCUT2D eigenvalue weighted by atomic mass is 9.94. The lowest BCUT2D eigenvalue weighted by molar-refractivity contribution is -0.156. The minimum absolute atomic E-state index is 0.0170. The van der Waals surface area contributed by atoms with Gasteiger partial charge in [-0.3, -0.25) is 19.2 Å². The van der Waals surface area contributed by atoms with E-state index in [4.69, 9.17) is 9.47 Å². The number of benzene rings is 2. The standard InChI is InChI=1S/C37H55N5O9S/c1-36(2,3)50-34(46)30(41-52(48,49)21-19-26-16-13-15-25-14-10-11-17-27(25)26)22-40-33(45)29-24-42(23-28(29)32(44)38-7)31(43)18-9-8-12-20-39-35(47)51-37(4,5)6/h10-11,13-17,28-30,41H,8-9,12,18-24H2,1-7H3,(H,38,44)(H,39,47)(H,40,45)/t28-,29-,30+/m1/s1. The van der Waals surface area contributed by atoms with Gasteiger partial charge in [-0.2, -0.15) is 4.72 Å². The quantitative estimate of drug-likeness (QED) is 0.148. The summed E-state index contributed by atoms with van der Waals surface area (Å²) in [5.74, 6) is -4.17. The Kier molecular flexibility index (Phi) is 15.0. The number of ether oxygens (including phenoxy) is 2. The van der Waals surface area contributed by atoms with Crippen molar-refractivity contribution in [1.82, 2.24) is 25.6 Å². The summed E-state index contributed by atoms with van der Waals surface area (Å²) >= 11 is 0. The summed E-state index contributed by atoms with van der Waals surface area (Å²) in [6.07, 6.45) is 1.74. The van der Waals surface area contributed by atoms with Crippen molar-refractivity contribution in [3.63, 3.8) is 0 Å². The molecule has 52 heavy (non-hydrogen) atoms. The first-order valence-electron chi connectivity index (χ1n) is 17.7. The Balaban J connectivity index is 1.60. The molecule has 4 amide bonds. The van der Waals surface area contributed by atoms with Crippen LogP contribution in [0, 0.1) is 11.8 Å². The molecule has 0 aromatic heterocycles. The van der Waals surface area contributed by atoms with Crippen LogP contribution in [0.2, 0.25) is 0 Å². The number of carbonyl (C=O) groups excluding carboxylic acids is 5. The molecule has 0 unspecified atom stereocenters. The molecule has 0 spiro atoms. The minimum Gasteiger partial charge on any atom is -0.459 e. The number of carbonyl (C=O) groups is 5. The maximum Gasteiger partial charge on any atom is 0.407 e. The maximum atomic E-state index is 13.5. The number of sulfonamides is 1. The molecule has 0 bridgehead atoms. The second-order valence-corrected chi connectivity index (χ2v) is 16.9. The number of esters is 1. The van der Waals surface area contributed by atoms with Crippen molar-refractivity contribution in [2.45, 2.75) is 90.9 Å². The van der Waals surface area contributed by atoms with E-state index in [2.05, 4.69) is 20.7 Å². The molecular formula is C37H55N5O9S. The Hall–Kier alpha value is -4.24. The molecule has 4 N–H and O–H groups in total. The minimum atomic E-state index is -4.04. The number of alkyl carbamates (subject to hydrolysis) is 1. The second-order valence-electron chi connectivity index (χ2n) is 15.0. The van der Waals surface area contributed by atoms with E-state index in [9.17, 15) is 32.4 Å². The number of likely N-dealkylation sites (tertiary alicyclic amines) is 1. The molecule has 0 saturated carbocycles. The summed E-state index contributed by atoms with van der Waals surface area (Å²) < 4.78 is 39.7. The zero-order valence-electron chi connectivity index (χ0n) is 31.4. The van der Waals surface area contributed by atoms with Gasteiger partial charge in [0.1, 0.15) is 17.2 Å². The second kappa shape index (κ2) is 18.5. The van der Waals surface area contributed by atoms with Crippen LogP contribution in [0.3, 0.4) is 0 Å². The number of hydrogen-bond acceptors (Lipinski definition) is 9. The van der Waals surface area contributed by atoms with E-state index in [0.29, 0.717) is 25.8 Å². The van der Waals surface area contributed by atoms with Gasteiger partial charge in [-0.15, -0.1) is 0 Å². The molecule has 0 aliphatic carbocycles. The Morgan fingerprint density at radius 2 is 1.46 bits per heavy atom. The van der Waals surface area contributed by atoms with Gasteiger partial charge in [0, 0.05) is 39.6 Å². The van der Waals surface area contributed by atoms with Crippen LogP contribution in [0.15, 0.2) is 42.5 Å². The number of amides is 4. The lowest BCUT2D eigenvalue weighted by Crippen LogP contribution is -2.52. The summed E-state index contributed by atoms with van der Waals surface area (Å²) in [4.78, 5) is 65.9. The monoisotopic (exact) mass is 745 g/mol. The van der Waals surface area contributed by atoms with Crippen LogP contribution in [0.5, 0.6) is 0 Å². The molecule has 1 aliphatic heterocycles. The van der Waals surface area contributed by atoms with Gasteiger partial charge in [0.2, 0.25) is 27.7 Å². The van der Waals surface area contributed by atoms with Gasteiger partial charge < -0.3 is 30.3 Å². The van der Waals surface area contributed by atoms with Gasteiger partial charge in [0.15, 0.2) is 0 Å². The average molecular weight is 746 g/mol. The fourth-order valence-electron chi connectivity index (χ4n) is 5.88. The van der Waals surface area contributed by atoms with Gasteiger partial charge in [-0.25, -0.2) is 13.2 Å². The number of hydrogen-bond donors (Lipinski definition) is 4. The van der Waals surface area contributed by atoms with E-state index in [0.717, 1.165) is 16.3 Å². The van der Waals surface area contributed by atoms with Gasteiger partial charge in [0.05, 0.1) is 17.6 Å². The summed E-state index contributed by atoms with van der Waals surface area (Å²) in [7, 11) is -2.59. The van der Waals surface area contributed by atoms with Crippen molar-refractivity contribution in [2.24, 2.45) is 11.8 Å². The molecule has 14 nitrogen and oxygen atoms in total. The predicted octanol–water partition coefficient (Wildman–Crippen LogP) is 3.03. The average Bonchev–Trinajstić information content (AvgIpc) is 3.51. The number of nitrogens with one attached hydrogen (secondary N) is 4. The SMILES string of the molecule is CNC(=O)[C@@H]1CN(C(=O)CCCCCNC(=O)OC(C)(C)C)C[C@H]1C(=O)NC[C@H](NS(=O)(=O)CCc1cccc2ccccc12)C(=O)OC(C)(C)C. The molecule has 2 aromatic rings. The molecule has 1 heterocycles. The normalized spacial score (nSPS) is 16.9. The largest absolute Gasteiger partial charge is 0.459 e. The number of unbranched alkanes of at least 4 members (excludes halogenated alkanes) is 2. The Bertz CT molecular complexity index is 1680. The topological polar surface area (TPSA) is 189 Å². The number of nitrogens with zero attached hydrogens (tertiary/aromatic N) is 1. The first-order valence-corrected chi connectivity index (χ1v) is 19.4. The molecule has 1 saturated heterocycles.